The van der Waals surface area contributed by atoms with Crippen LogP contribution in [0.25, 0.3) is 0 Å². The van der Waals surface area contributed by atoms with Crippen LogP contribution in [0.2, 0.25) is 0 Å². The molecule has 3 rings (SSSR count). The Kier molecular flexibility index (Phi) is 7.81. The zero-order chi connectivity index (χ0) is 23.1. The Morgan fingerprint density at radius 2 is 1.78 bits per heavy atom. The molecule has 1 atom stereocenters. The fourth-order valence-electron chi connectivity index (χ4n) is 3.72. The summed E-state index contributed by atoms with van der Waals surface area (Å²) in [4.78, 5) is 38.6. The summed E-state index contributed by atoms with van der Waals surface area (Å²) in [5.74, 6) is -1.03. The largest absolute Gasteiger partial charge is 0.351 e. The van der Waals surface area contributed by atoms with E-state index in [2.05, 4.69) is 16.0 Å². The van der Waals surface area contributed by atoms with E-state index in [4.69, 9.17) is 0 Å². The van der Waals surface area contributed by atoms with Gasteiger partial charge < -0.3 is 20.9 Å². The fraction of sp³-hybridized carbons (Fsp3) is 0.375. The third kappa shape index (κ3) is 6.80. The molecule has 0 aromatic heterocycles. The van der Waals surface area contributed by atoms with Gasteiger partial charge in [-0.2, -0.15) is 0 Å². The molecule has 1 aliphatic heterocycles. The van der Waals surface area contributed by atoms with Crippen molar-refractivity contribution >= 4 is 23.5 Å². The molecule has 4 amide bonds. The Bertz CT molecular complexity index is 956. The van der Waals surface area contributed by atoms with Crippen LogP contribution in [0.1, 0.15) is 30.9 Å². The Morgan fingerprint density at radius 1 is 1.09 bits per heavy atom. The Hall–Kier alpha value is -3.42. The number of urea groups is 1. The van der Waals surface area contributed by atoms with Gasteiger partial charge in [0.25, 0.3) is 0 Å². The number of carbonyl (C=O) groups excluding carboxylic acids is 3. The van der Waals surface area contributed by atoms with Crippen molar-refractivity contribution in [2.24, 2.45) is 0 Å². The van der Waals surface area contributed by atoms with E-state index in [0.29, 0.717) is 31.5 Å². The number of amides is 4. The zero-order valence-electron chi connectivity index (χ0n) is 18.4. The van der Waals surface area contributed by atoms with E-state index in [9.17, 15) is 18.8 Å². The highest BCUT2D eigenvalue weighted by Gasteiger charge is 2.27. The van der Waals surface area contributed by atoms with Crippen molar-refractivity contribution in [3.05, 3.63) is 65.5 Å². The first kappa shape index (κ1) is 23.2. The lowest BCUT2D eigenvalue weighted by molar-refractivity contribution is -0.128. The van der Waals surface area contributed by atoms with Crippen molar-refractivity contribution < 1.29 is 18.8 Å². The molecule has 1 saturated heterocycles. The van der Waals surface area contributed by atoms with E-state index in [1.54, 1.807) is 17.0 Å². The van der Waals surface area contributed by atoms with Gasteiger partial charge in [0, 0.05) is 38.2 Å². The summed E-state index contributed by atoms with van der Waals surface area (Å²) >= 11 is 0. The van der Waals surface area contributed by atoms with E-state index in [1.165, 1.54) is 19.1 Å². The minimum Gasteiger partial charge on any atom is -0.351 e. The average molecular weight is 441 g/mol. The molecule has 0 unspecified atom stereocenters. The van der Waals surface area contributed by atoms with Crippen LogP contribution in [0, 0.1) is 12.7 Å². The topological polar surface area (TPSA) is 90.5 Å². The van der Waals surface area contributed by atoms with Gasteiger partial charge >= 0.3 is 6.03 Å². The van der Waals surface area contributed by atoms with Crippen molar-refractivity contribution in [3.8, 4) is 0 Å². The molecule has 3 N–H and O–H groups in total. The molecule has 32 heavy (non-hydrogen) atoms. The second-order valence-electron chi connectivity index (χ2n) is 8.15. The first-order valence-electron chi connectivity index (χ1n) is 10.7. The predicted molar refractivity (Wildman–Crippen MR) is 121 cm³/mol. The second-order valence-corrected chi connectivity index (χ2v) is 8.15. The molecule has 0 bridgehead atoms. The Labute approximate surface area is 187 Å². The van der Waals surface area contributed by atoms with Crippen LogP contribution in [0.5, 0.6) is 0 Å². The van der Waals surface area contributed by atoms with Gasteiger partial charge in [-0.1, -0.05) is 29.8 Å². The summed E-state index contributed by atoms with van der Waals surface area (Å²) in [6.07, 6.45) is 1.42. The highest BCUT2D eigenvalue weighted by atomic mass is 19.1. The number of benzene rings is 2. The molecule has 7 nitrogen and oxygen atoms in total. The number of carbonyl (C=O) groups is 3. The maximum absolute atomic E-state index is 13.5. The molecule has 0 saturated carbocycles. The lowest BCUT2D eigenvalue weighted by Crippen LogP contribution is -2.53. The molecular formula is C24H29FN4O3. The summed E-state index contributed by atoms with van der Waals surface area (Å²) < 4.78 is 13.5. The van der Waals surface area contributed by atoms with Gasteiger partial charge in [-0.15, -0.1) is 0 Å². The minimum absolute atomic E-state index is 0.102. The van der Waals surface area contributed by atoms with Crippen LogP contribution in [0.15, 0.2) is 48.5 Å². The molecule has 170 valence electrons. The molecule has 1 heterocycles. The van der Waals surface area contributed by atoms with Gasteiger partial charge in [-0.25, -0.2) is 9.18 Å². The van der Waals surface area contributed by atoms with Gasteiger partial charge in [0.05, 0.1) is 0 Å². The van der Waals surface area contributed by atoms with E-state index in [-0.39, 0.29) is 36.1 Å². The highest BCUT2D eigenvalue weighted by Crippen LogP contribution is 2.15. The van der Waals surface area contributed by atoms with Crippen LogP contribution in [0.4, 0.5) is 14.9 Å². The van der Waals surface area contributed by atoms with Crippen LogP contribution >= 0.6 is 0 Å². The van der Waals surface area contributed by atoms with Crippen molar-refractivity contribution in [2.45, 2.75) is 45.2 Å². The summed E-state index contributed by atoms with van der Waals surface area (Å²) in [5.41, 5.74) is 2.49. The van der Waals surface area contributed by atoms with Gasteiger partial charge in [0.15, 0.2) is 0 Å². The number of halogens is 1. The maximum atomic E-state index is 13.5. The van der Waals surface area contributed by atoms with Crippen LogP contribution in [-0.2, 0) is 16.0 Å². The number of nitrogens with zero attached hydrogens (tertiary/aromatic N) is 1. The van der Waals surface area contributed by atoms with Crippen molar-refractivity contribution in [1.82, 2.24) is 15.5 Å². The third-order valence-electron chi connectivity index (χ3n) is 5.45. The number of rotatable bonds is 6. The van der Waals surface area contributed by atoms with Crippen molar-refractivity contribution in [2.75, 3.05) is 18.4 Å². The highest BCUT2D eigenvalue weighted by molar-refractivity contribution is 5.89. The number of nitrogens with one attached hydrogen (secondary N) is 3. The molecule has 1 aliphatic rings. The SMILES string of the molecule is CC(=O)N[C@H](Cc1cccc(F)c1)C(=O)NC1CCN(C(=O)Nc2ccc(C)cc2)CC1. The first-order valence-corrected chi connectivity index (χ1v) is 10.7. The lowest BCUT2D eigenvalue weighted by atomic mass is 10.0. The summed E-state index contributed by atoms with van der Waals surface area (Å²) in [7, 11) is 0. The summed E-state index contributed by atoms with van der Waals surface area (Å²) in [6, 6.07) is 12.5. The third-order valence-corrected chi connectivity index (χ3v) is 5.45. The number of likely N-dealkylation sites (tertiary alicyclic amines) is 1. The summed E-state index contributed by atoms with van der Waals surface area (Å²) in [5, 5.41) is 8.50. The number of piperidine rings is 1. The van der Waals surface area contributed by atoms with E-state index >= 15 is 0 Å². The average Bonchev–Trinajstić information content (AvgIpc) is 2.75. The summed E-state index contributed by atoms with van der Waals surface area (Å²) in [6.45, 7) is 4.35. The van der Waals surface area contributed by atoms with Gasteiger partial charge in [0.1, 0.15) is 11.9 Å². The Morgan fingerprint density at radius 3 is 2.41 bits per heavy atom. The smallest absolute Gasteiger partial charge is 0.321 e. The maximum Gasteiger partial charge on any atom is 0.321 e. The van der Waals surface area contributed by atoms with E-state index < -0.39 is 6.04 Å². The number of anilines is 1. The van der Waals surface area contributed by atoms with E-state index in [1.807, 2.05) is 31.2 Å². The van der Waals surface area contributed by atoms with Gasteiger partial charge in [0.2, 0.25) is 11.8 Å². The standard InChI is InChI=1S/C24H29FN4O3/c1-16-6-8-20(9-7-16)28-24(32)29-12-10-21(11-13-29)27-23(31)22(26-17(2)30)15-18-4-3-5-19(25)14-18/h3-9,14,21-22H,10-13,15H2,1-2H3,(H,26,30)(H,27,31)(H,28,32)/t22-/m1/s1. The van der Waals surface area contributed by atoms with Crippen LogP contribution in [-0.4, -0.2) is 47.9 Å². The Balaban J connectivity index is 1.51. The monoisotopic (exact) mass is 440 g/mol. The molecule has 2 aromatic carbocycles. The van der Waals surface area contributed by atoms with Gasteiger partial charge in [-0.3, -0.25) is 9.59 Å². The molecule has 0 radical (unpaired) electrons. The lowest BCUT2D eigenvalue weighted by Gasteiger charge is -2.33. The van der Waals surface area contributed by atoms with Crippen LogP contribution < -0.4 is 16.0 Å². The number of hydrogen-bond donors (Lipinski definition) is 3. The molecule has 2 aromatic rings. The minimum atomic E-state index is -0.794. The van der Waals surface area contributed by atoms with Crippen molar-refractivity contribution in [3.63, 3.8) is 0 Å². The van der Waals surface area contributed by atoms with Crippen molar-refractivity contribution in [1.29, 1.82) is 0 Å². The molecule has 8 heteroatoms. The molecule has 0 spiro atoms. The predicted octanol–water partition coefficient (Wildman–Crippen LogP) is 2.99. The second kappa shape index (κ2) is 10.7. The zero-order valence-corrected chi connectivity index (χ0v) is 18.4. The number of hydrogen-bond acceptors (Lipinski definition) is 3. The van der Waals surface area contributed by atoms with E-state index in [0.717, 1.165) is 11.3 Å². The first-order chi connectivity index (χ1) is 15.3. The van der Waals surface area contributed by atoms with Crippen LogP contribution in [0.3, 0.4) is 0 Å². The normalized spacial score (nSPS) is 15.0. The number of aryl methyl sites for hydroxylation is 1. The molecule has 0 aliphatic carbocycles. The molecular weight excluding hydrogens is 411 g/mol. The fourth-order valence-corrected chi connectivity index (χ4v) is 3.72. The molecule has 1 fully saturated rings. The quantitative estimate of drug-likeness (QED) is 0.645. The van der Waals surface area contributed by atoms with Gasteiger partial charge in [-0.05, 0) is 49.6 Å².